The van der Waals surface area contributed by atoms with Crippen LogP contribution in [-0.2, 0) is 12.8 Å². The van der Waals surface area contributed by atoms with Crippen LogP contribution in [0, 0.1) is 6.92 Å². The summed E-state index contributed by atoms with van der Waals surface area (Å²) in [6.45, 7) is 2.04. The molecule has 0 atom stereocenters. The van der Waals surface area contributed by atoms with E-state index in [1.807, 2.05) is 67.1 Å². The van der Waals surface area contributed by atoms with E-state index in [0.717, 1.165) is 22.1 Å². The van der Waals surface area contributed by atoms with Gasteiger partial charge in [0, 0.05) is 23.2 Å². The molecular weight excluding hydrogens is 382 g/mol. The minimum Gasteiger partial charge on any atom is -0.420 e. The maximum Gasteiger partial charge on any atom is 0.247 e. The lowest BCUT2D eigenvalue weighted by Crippen LogP contribution is -1.95. The van der Waals surface area contributed by atoms with E-state index in [-0.39, 0.29) is 0 Å². The zero-order valence-corrected chi connectivity index (χ0v) is 16.3. The van der Waals surface area contributed by atoms with Crippen LogP contribution in [0.1, 0.15) is 11.5 Å². The minimum absolute atomic E-state index is 0.519. The third-order valence-corrected chi connectivity index (χ3v) is 5.28. The monoisotopic (exact) mass is 397 g/mol. The van der Waals surface area contributed by atoms with Gasteiger partial charge in [-0.05, 0) is 43.3 Å². The molecule has 0 amide bonds. The van der Waals surface area contributed by atoms with Gasteiger partial charge in [0.2, 0.25) is 11.8 Å². The van der Waals surface area contributed by atoms with Gasteiger partial charge in [0.15, 0.2) is 11.0 Å². The highest BCUT2D eigenvalue weighted by Crippen LogP contribution is 2.27. The molecule has 0 radical (unpaired) electrons. The third kappa shape index (κ3) is 3.89. The van der Waals surface area contributed by atoms with E-state index >= 15 is 0 Å². The maximum absolute atomic E-state index is 5.95. The van der Waals surface area contributed by atoms with Crippen molar-refractivity contribution in [2.75, 3.05) is 0 Å². The maximum atomic E-state index is 5.95. The average molecular weight is 398 g/mol. The van der Waals surface area contributed by atoms with E-state index < -0.39 is 0 Å². The lowest BCUT2D eigenvalue weighted by atomic mass is 10.1. The Hall–Kier alpha value is -2.64. The summed E-state index contributed by atoms with van der Waals surface area (Å²) in [5.74, 6) is 2.36. The van der Waals surface area contributed by atoms with Gasteiger partial charge >= 0.3 is 0 Å². The van der Waals surface area contributed by atoms with E-state index in [2.05, 4.69) is 20.4 Å². The summed E-state index contributed by atoms with van der Waals surface area (Å²) in [5.41, 5.74) is 3.06. The molecule has 0 aliphatic heterocycles. The van der Waals surface area contributed by atoms with E-state index in [1.165, 1.54) is 17.3 Å². The smallest absolute Gasteiger partial charge is 0.247 e. The van der Waals surface area contributed by atoms with Crippen molar-refractivity contribution in [2.24, 2.45) is 7.05 Å². The van der Waals surface area contributed by atoms with Crippen molar-refractivity contribution in [2.45, 2.75) is 17.8 Å². The van der Waals surface area contributed by atoms with Crippen molar-refractivity contribution >= 4 is 23.4 Å². The Bertz CT molecular complexity index is 1060. The highest BCUT2D eigenvalue weighted by atomic mass is 35.5. The summed E-state index contributed by atoms with van der Waals surface area (Å²) in [6.07, 6.45) is 0. The number of nitrogens with zero attached hydrogens (tertiary/aromatic N) is 5. The second-order valence-electron chi connectivity index (χ2n) is 6.03. The summed E-state index contributed by atoms with van der Waals surface area (Å²) in [7, 11) is 1.93. The molecule has 2 aromatic heterocycles. The molecule has 0 fully saturated rings. The van der Waals surface area contributed by atoms with Gasteiger partial charge in [0.05, 0.1) is 5.75 Å². The fourth-order valence-electron chi connectivity index (χ4n) is 2.54. The summed E-state index contributed by atoms with van der Waals surface area (Å²) < 4.78 is 7.70. The number of rotatable bonds is 5. The van der Waals surface area contributed by atoms with Crippen molar-refractivity contribution in [3.63, 3.8) is 0 Å². The Morgan fingerprint density at radius 1 is 0.926 bits per heavy atom. The van der Waals surface area contributed by atoms with E-state index in [4.69, 9.17) is 16.0 Å². The van der Waals surface area contributed by atoms with Gasteiger partial charge in [-0.25, -0.2) is 0 Å². The SMILES string of the molecule is Cc1ccc(-c2nnc(CSc3nnc(-c4ccc(Cl)cc4)n3C)o2)cc1. The molecule has 6 nitrogen and oxygen atoms in total. The van der Waals surface area contributed by atoms with Crippen LogP contribution in [0.15, 0.2) is 58.1 Å². The molecule has 0 unspecified atom stereocenters. The second kappa shape index (κ2) is 7.54. The molecule has 0 saturated carbocycles. The van der Waals surface area contributed by atoms with Gasteiger partial charge in [0.1, 0.15) is 0 Å². The van der Waals surface area contributed by atoms with Crippen molar-refractivity contribution in [3.05, 3.63) is 65.0 Å². The van der Waals surface area contributed by atoms with Crippen LogP contribution in [0.25, 0.3) is 22.8 Å². The first-order valence-corrected chi connectivity index (χ1v) is 9.64. The Labute approximate surface area is 165 Å². The quantitative estimate of drug-likeness (QED) is 0.451. The van der Waals surface area contributed by atoms with Gasteiger partial charge in [-0.1, -0.05) is 41.1 Å². The van der Waals surface area contributed by atoms with Crippen LogP contribution in [0.2, 0.25) is 5.02 Å². The number of hydrogen-bond acceptors (Lipinski definition) is 6. The van der Waals surface area contributed by atoms with Gasteiger partial charge in [0.25, 0.3) is 0 Å². The topological polar surface area (TPSA) is 69.6 Å². The van der Waals surface area contributed by atoms with Gasteiger partial charge < -0.3 is 8.98 Å². The lowest BCUT2D eigenvalue weighted by molar-refractivity contribution is 0.528. The summed E-state index contributed by atoms with van der Waals surface area (Å²) in [6, 6.07) is 15.5. The molecule has 2 heterocycles. The van der Waals surface area contributed by atoms with Crippen molar-refractivity contribution < 1.29 is 4.42 Å². The molecule has 4 aromatic rings. The molecule has 8 heteroatoms. The summed E-state index contributed by atoms with van der Waals surface area (Å²) in [4.78, 5) is 0. The van der Waals surface area contributed by atoms with Crippen LogP contribution in [0.5, 0.6) is 0 Å². The first-order valence-electron chi connectivity index (χ1n) is 8.28. The zero-order valence-electron chi connectivity index (χ0n) is 14.8. The summed E-state index contributed by atoms with van der Waals surface area (Å²) >= 11 is 7.44. The van der Waals surface area contributed by atoms with Crippen molar-refractivity contribution in [3.8, 4) is 22.8 Å². The molecule has 136 valence electrons. The molecule has 0 aliphatic carbocycles. The Kier molecular flexibility index (Phi) is 4.96. The number of thioether (sulfide) groups is 1. The zero-order chi connectivity index (χ0) is 18.8. The predicted molar refractivity (Wildman–Crippen MR) is 105 cm³/mol. The Balaban J connectivity index is 1.46. The van der Waals surface area contributed by atoms with Crippen LogP contribution < -0.4 is 0 Å². The van der Waals surface area contributed by atoms with Crippen molar-refractivity contribution in [1.29, 1.82) is 0 Å². The number of hydrogen-bond donors (Lipinski definition) is 0. The average Bonchev–Trinajstić information content (AvgIpc) is 3.28. The van der Waals surface area contributed by atoms with E-state index in [9.17, 15) is 0 Å². The Morgan fingerprint density at radius 3 is 2.37 bits per heavy atom. The molecule has 0 aliphatic rings. The number of aryl methyl sites for hydroxylation is 1. The molecule has 27 heavy (non-hydrogen) atoms. The fourth-order valence-corrected chi connectivity index (χ4v) is 3.42. The fraction of sp³-hybridized carbons (Fsp3) is 0.158. The van der Waals surface area contributed by atoms with Crippen LogP contribution in [0.4, 0.5) is 0 Å². The van der Waals surface area contributed by atoms with Gasteiger partial charge in [-0.2, -0.15) is 0 Å². The van der Waals surface area contributed by atoms with Crippen LogP contribution in [0.3, 0.4) is 0 Å². The number of halogens is 1. The largest absolute Gasteiger partial charge is 0.420 e. The molecule has 2 aromatic carbocycles. The normalized spacial score (nSPS) is 11.1. The lowest BCUT2D eigenvalue weighted by Gasteiger charge is -2.03. The molecule has 4 rings (SSSR count). The molecule has 0 spiro atoms. The minimum atomic E-state index is 0.519. The van der Waals surface area contributed by atoms with Gasteiger partial charge in [-0.15, -0.1) is 20.4 Å². The van der Waals surface area contributed by atoms with E-state index in [0.29, 0.717) is 22.6 Å². The Morgan fingerprint density at radius 2 is 1.63 bits per heavy atom. The van der Waals surface area contributed by atoms with Crippen LogP contribution >= 0.6 is 23.4 Å². The summed E-state index contributed by atoms with van der Waals surface area (Å²) in [5, 5.41) is 18.2. The molecular formula is C19H16ClN5OS. The highest BCUT2D eigenvalue weighted by Gasteiger charge is 2.14. The standard InChI is InChI=1S/C19H16ClN5OS/c1-12-3-5-14(6-4-12)18-23-21-16(26-18)11-27-19-24-22-17(25(19)2)13-7-9-15(20)10-8-13/h3-10H,11H2,1-2H3. The molecule has 0 N–H and O–H groups in total. The highest BCUT2D eigenvalue weighted by molar-refractivity contribution is 7.98. The molecule has 0 bridgehead atoms. The van der Waals surface area contributed by atoms with Crippen molar-refractivity contribution in [1.82, 2.24) is 25.0 Å². The predicted octanol–water partition coefficient (Wildman–Crippen LogP) is 4.79. The second-order valence-corrected chi connectivity index (χ2v) is 7.41. The molecule has 0 saturated heterocycles. The number of aromatic nitrogens is 5. The number of benzene rings is 2. The van der Waals surface area contributed by atoms with Gasteiger partial charge in [-0.3, -0.25) is 0 Å². The first kappa shape index (κ1) is 17.8. The first-order chi connectivity index (χ1) is 13.1. The third-order valence-electron chi connectivity index (χ3n) is 4.03. The van der Waals surface area contributed by atoms with E-state index in [1.54, 1.807) is 0 Å². The van der Waals surface area contributed by atoms with Crippen LogP contribution in [-0.4, -0.2) is 25.0 Å².